The first-order valence-corrected chi connectivity index (χ1v) is 6.40. The molecule has 0 saturated heterocycles. The zero-order valence-electron chi connectivity index (χ0n) is 11.6. The Morgan fingerprint density at radius 2 is 2.10 bits per heavy atom. The van der Waals surface area contributed by atoms with Crippen LogP contribution in [0.1, 0.15) is 30.1 Å². The number of hydrogen-bond donors (Lipinski definition) is 2. The molecule has 0 heterocycles. The predicted molar refractivity (Wildman–Crippen MR) is 72.9 cm³/mol. The Bertz CT molecular complexity index is 473. The van der Waals surface area contributed by atoms with Crippen LogP contribution in [0.15, 0.2) is 18.2 Å². The Kier molecular flexibility index (Phi) is 6.36. The van der Waals surface area contributed by atoms with Crippen molar-refractivity contribution < 1.29 is 24.2 Å². The zero-order chi connectivity index (χ0) is 15.0. The monoisotopic (exact) mass is 281 g/mol. The molecule has 0 fully saturated rings. The van der Waals surface area contributed by atoms with E-state index in [1.807, 2.05) is 0 Å². The van der Waals surface area contributed by atoms with Gasteiger partial charge in [-0.1, -0.05) is 6.07 Å². The topological polar surface area (TPSA) is 84.9 Å². The number of esters is 1. The molecule has 2 N–H and O–H groups in total. The van der Waals surface area contributed by atoms with Crippen LogP contribution in [-0.2, 0) is 9.53 Å². The van der Waals surface area contributed by atoms with E-state index in [9.17, 15) is 14.7 Å². The van der Waals surface area contributed by atoms with E-state index >= 15 is 0 Å². The molecule has 1 aromatic carbocycles. The summed E-state index contributed by atoms with van der Waals surface area (Å²) < 4.78 is 9.70. The van der Waals surface area contributed by atoms with Crippen LogP contribution < -0.4 is 10.1 Å². The van der Waals surface area contributed by atoms with E-state index < -0.39 is 5.91 Å². The van der Waals surface area contributed by atoms with E-state index in [0.717, 1.165) is 0 Å². The van der Waals surface area contributed by atoms with Gasteiger partial charge in [0.15, 0.2) is 11.5 Å². The van der Waals surface area contributed by atoms with Crippen molar-refractivity contribution in [3.8, 4) is 11.5 Å². The van der Waals surface area contributed by atoms with Gasteiger partial charge < -0.3 is 19.9 Å². The maximum absolute atomic E-state index is 11.9. The van der Waals surface area contributed by atoms with Gasteiger partial charge >= 0.3 is 5.97 Å². The highest BCUT2D eigenvalue weighted by molar-refractivity contribution is 5.97. The largest absolute Gasteiger partial charge is 0.504 e. The van der Waals surface area contributed by atoms with Crippen LogP contribution in [-0.4, -0.2) is 37.2 Å². The summed E-state index contributed by atoms with van der Waals surface area (Å²) in [6.45, 7) is 2.42. The number of benzene rings is 1. The van der Waals surface area contributed by atoms with E-state index in [-0.39, 0.29) is 29.5 Å². The van der Waals surface area contributed by atoms with Crippen LogP contribution in [0, 0.1) is 0 Å². The number of rotatable bonds is 7. The Morgan fingerprint density at radius 1 is 1.35 bits per heavy atom. The van der Waals surface area contributed by atoms with Crippen molar-refractivity contribution in [3.05, 3.63) is 23.8 Å². The maximum Gasteiger partial charge on any atom is 0.305 e. The molecule has 0 saturated carbocycles. The lowest BCUT2D eigenvalue weighted by Crippen LogP contribution is -2.25. The van der Waals surface area contributed by atoms with E-state index in [0.29, 0.717) is 19.6 Å². The zero-order valence-corrected chi connectivity index (χ0v) is 11.6. The Labute approximate surface area is 117 Å². The van der Waals surface area contributed by atoms with Gasteiger partial charge in [0.1, 0.15) is 0 Å². The van der Waals surface area contributed by atoms with Crippen molar-refractivity contribution in [2.24, 2.45) is 0 Å². The number of nitrogens with one attached hydrogen (secondary N) is 1. The third-order valence-electron chi connectivity index (χ3n) is 2.61. The third-order valence-corrected chi connectivity index (χ3v) is 2.61. The normalized spacial score (nSPS) is 9.90. The molecule has 0 aromatic heterocycles. The molecule has 0 aliphatic rings. The number of carbonyl (C=O) groups is 2. The van der Waals surface area contributed by atoms with Gasteiger partial charge in [-0.15, -0.1) is 0 Å². The van der Waals surface area contributed by atoms with Crippen LogP contribution in [0.3, 0.4) is 0 Å². The minimum Gasteiger partial charge on any atom is -0.504 e. The van der Waals surface area contributed by atoms with E-state index in [1.54, 1.807) is 19.1 Å². The summed E-state index contributed by atoms with van der Waals surface area (Å²) in [6.07, 6.45) is 0.730. The molecule has 1 rings (SSSR count). The molecular formula is C14H19NO5. The number of phenols is 1. The van der Waals surface area contributed by atoms with Gasteiger partial charge in [-0.05, 0) is 25.5 Å². The van der Waals surface area contributed by atoms with Crippen molar-refractivity contribution in [1.29, 1.82) is 0 Å². The summed E-state index contributed by atoms with van der Waals surface area (Å²) in [6, 6.07) is 4.68. The number of hydrogen-bond acceptors (Lipinski definition) is 5. The second-order valence-electron chi connectivity index (χ2n) is 4.02. The maximum atomic E-state index is 11.9. The lowest BCUT2D eigenvalue weighted by atomic mass is 10.1. The number of phenolic OH excluding ortho intramolecular Hbond substituents is 1. The molecule has 110 valence electrons. The average Bonchev–Trinajstić information content (AvgIpc) is 2.44. The van der Waals surface area contributed by atoms with E-state index in [4.69, 9.17) is 9.47 Å². The van der Waals surface area contributed by atoms with Crippen molar-refractivity contribution in [2.45, 2.75) is 19.8 Å². The summed E-state index contributed by atoms with van der Waals surface area (Å²) in [5.74, 6) is -0.654. The molecule has 0 aliphatic heterocycles. The number of para-hydroxylation sites is 1. The first kappa shape index (κ1) is 15.8. The Balaban J connectivity index is 2.46. The summed E-state index contributed by atoms with van der Waals surface area (Å²) in [5, 5.41) is 12.4. The predicted octanol–water partition coefficient (Wildman–Crippen LogP) is 1.47. The van der Waals surface area contributed by atoms with Crippen molar-refractivity contribution >= 4 is 11.9 Å². The second-order valence-corrected chi connectivity index (χ2v) is 4.02. The van der Waals surface area contributed by atoms with E-state index in [2.05, 4.69) is 5.32 Å². The van der Waals surface area contributed by atoms with Gasteiger partial charge in [0, 0.05) is 13.0 Å². The SMILES string of the molecule is CCOC(=O)CCCNC(=O)c1cccc(OC)c1O. The first-order valence-electron chi connectivity index (χ1n) is 6.40. The van der Waals surface area contributed by atoms with Gasteiger partial charge in [-0.25, -0.2) is 0 Å². The average molecular weight is 281 g/mol. The second kappa shape index (κ2) is 8.04. The molecule has 6 nitrogen and oxygen atoms in total. The Morgan fingerprint density at radius 3 is 2.75 bits per heavy atom. The minimum atomic E-state index is -0.412. The summed E-state index contributed by atoms with van der Waals surface area (Å²) in [7, 11) is 1.41. The van der Waals surface area contributed by atoms with Crippen LogP contribution in [0.5, 0.6) is 11.5 Å². The minimum absolute atomic E-state index is 0.139. The lowest BCUT2D eigenvalue weighted by Gasteiger charge is -2.09. The third kappa shape index (κ3) is 4.46. The molecule has 0 bridgehead atoms. The smallest absolute Gasteiger partial charge is 0.305 e. The van der Waals surface area contributed by atoms with Gasteiger partial charge in [-0.2, -0.15) is 0 Å². The van der Waals surface area contributed by atoms with Crippen LogP contribution in [0.2, 0.25) is 0 Å². The summed E-state index contributed by atoms with van der Waals surface area (Å²) in [4.78, 5) is 23.0. The van der Waals surface area contributed by atoms with Crippen LogP contribution in [0.25, 0.3) is 0 Å². The van der Waals surface area contributed by atoms with Crippen LogP contribution >= 0.6 is 0 Å². The fraction of sp³-hybridized carbons (Fsp3) is 0.429. The number of ether oxygens (including phenoxy) is 2. The molecule has 6 heteroatoms. The van der Waals surface area contributed by atoms with Gasteiger partial charge in [0.2, 0.25) is 0 Å². The fourth-order valence-electron chi connectivity index (χ4n) is 1.63. The molecule has 20 heavy (non-hydrogen) atoms. The fourth-order valence-corrected chi connectivity index (χ4v) is 1.63. The van der Waals surface area contributed by atoms with Crippen molar-refractivity contribution in [3.63, 3.8) is 0 Å². The van der Waals surface area contributed by atoms with Gasteiger partial charge in [-0.3, -0.25) is 9.59 Å². The van der Waals surface area contributed by atoms with Gasteiger partial charge in [0.05, 0.1) is 19.3 Å². The quantitative estimate of drug-likeness (QED) is 0.584. The highest BCUT2D eigenvalue weighted by atomic mass is 16.5. The lowest BCUT2D eigenvalue weighted by molar-refractivity contribution is -0.143. The highest BCUT2D eigenvalue weighted by Gasteiger charge is 2.14. The number of amides is 1. The van der Waals surface area contributed by atoms with Crippen LogP contribution in [0.4, 0.5) is 0 Å². The van der Waals surface area contributed by atoms with Crippen molar-refractivity contribution in [2.75, 3.05) is 20.3 Å². The first-order chi connectivity index (χ1) is 9.60. The molecule has 1 amide bonds. The molecule has 1 aromatic rings. The number of methoxy groups -OCH3 is 1. The molecule has 0 unspecified atom stereocenters. The standard InChI is InChI=1S/C14H19NO5/c1-3-20-12(16)8-5-9-15-14(18)10-6-4-7-11(19-2)13(10)17/h4,6-7,17H,3,5,8-9H2,1-2H3,(H,15,18). The van der Waals surface area contributed by atoms with Gasteiger partial charge in [0.25, 0.3) is 5.91 Å². The molecule has 0 radical (unpaired) electrons. The molecule has 0 spiro atoms. The summed E-state index contributed by atoms with van der Waals surface area (Å²) >= 11 is 0. The van der Waals surface area contributed by atoms with Crippen molar-refractivity contribution in [1.82, 2.24) is 5.32 Å². The van der Waals surface area contributed by atoms with E-state index in [1.165, 1.54) is 13.2 Å². The number of aromatic hydroxyl groups is 1. The summed E-state index contributed by atoms with van der Waals surface area (Å²) in [5.41, 5.74) is 0.139. The highest BCUT2D eigenvalue weighted by Crippen LogP contribution is 2.29. The number of carbonyl (C=O) groups excluding carboxylic acids is 2. The molecular weight excluding hydrogens is 262 g/mol. The molecule has 0 atom stereocenters. The molecule has 0 aliphatic carbocycles. The Hall–Kier alpha value is -2.24.